The SMILES string of the molecule is CCSC1CCC(NS(=O)(=O)c2ccc(OCc3ccc(F)cc3F)cc2)(C(=O)NO)CO1. The van der Waals surface area contributed by atoms with Crippen molar-refractivity contribution in [2.45, 2.75) is 42.2 Å². The van der Waals surface area contributed by atoms with Gasteiger partial charge in [-0.2, -0.15) is 4.72 Å². The Kier molecular flexibility index (Phi) is 8.29. The van der Waals surface area contributed by atoms with Crippen LogP contribution in [0, 0.1) is 11.6 Å². The van der Waals surface area contributed by atoms with E-state index < -0.39 is 33.1 Å². The first-order valence-electron chi connectivity index (χ1n) is 10.1. The maximum absolute atomic E-state index is 13.7. The average molecular weight is 503 g/mol. The molecule has 12 heteroatoms. The fourth-order valence-corrected chi connectivity index (χ4v) is 5.52. The molecule has 2 aromatic carbocycles. The third-order valence-electron chi connectivity index (χ3n) is 5.08. The Morgan fingerprint density at radius 3 is 2.58 bits per heavy atom. The Labute approximate surface area is 194 Å². The number of carbonyl (C=O) groups excluding carboxylic acids is 1. The molecule has 1 aliphatic rings. The molecule has 2 aromatic rings. The lowest BCUT2D eigenvalue weighted by atomic mass is 9.93. The van der Waals surface area contributed by atoms with E-state index in [1.54, 1.807) is 11.8 Å². The highest BCUT2D eigenvalue weighted by atomic mass is 32.2. The standard InChI is InChI=1S/C21H24F2N2O6S2/c1-2-32-19-9-10-21(13-31-19,20(26)24-27)25-33(28,29)17-7-5-16(6-8-17)30-12-14-3-4-15(22)11-18(14)23/h3-8,11,19,25,27H,2,9-10,12-13H2,1H3,(H,24,26). The van der Waals surface area contributed by atoms with Gasteiger partial charge >= 0.3 is 0 Å². The number of amides is 1. The lowest BCUT2D eigenvalue weighted by Gasteiger charge is -2.38. The minimum absolute atomic E-state index is 0.140. The van der Waals surface area contributed by atoms with Crippen LogP contribution in [0.25, 0.3) is 0 Å². The zero-order valence-electron chi connectivity index (χ0n) is 17.7. The van der Waals surface area contributed by atoms with Crippen LogP contribution in [-0.2, 0) is 26.2 Å². The van der Waals surface area contributed by atoms with E-state index in [1.165, 1.54) is 35.8 Å². The number of carbonyl (C=O) groups is 1. The van der Waals surface area contributed by atoms with Gasteiger partial charge in [0.05, 0.1) is 11.5 Å². The minimum atomic E-state index is -4.16. The number of nitrogens with one attached hydrogen (secondary N) is 2. The Hall–Kier alpha value is -2.25. The molecule has 2 atom stereocenters. The molecule has 1 aliphatic heterocycles. The van der Waals surface area contributed by atoms with E-state index in [9.17, 15) is 22.0 Å². The zero-order valence-corrected chi connectivity index (χ0v) is 19.3. The predicted molar refractivity (Wildman–Crippen MR) is 117 cm³/mol. The Morgan fingerprint density at radius 2 is 2.00 bits per heavy atom. The average Bonchev–Trinajstić information content (AvgIpc) is 2.79. The molecule has 3 N–H and O–H groups in total. The maximum Gasteiger partial charge on any atom is 0.267 e. The number of ether oxygens (including phenoxy) is 2. The lowest BCUT2D eigenvalue weighted by molar-refractivity contribution is -0.141. The Balaban J connectivity index is 1.70. The summed E-state index contributed by atoms with van der Waals surface area (Å²) in [6, 6.07) is 8.40. The van der Waals surface area contributed by atoms with Gasteiger partial charge in [0.15, 0.2) is 0 Å². The number of hydroxylamine groups is 1. The summed E-state index contributed by atoms with van der Waals surface area (Å²) in [7, 11) is -4.16. The van der Waals surface area contributed by atoms with Crippen LogP contribution in [0.4, 0.5) is 8.78 Å². The summed E-state index contributed by atoms with van der Waals surface area (Å²) in [5, 5.41) is 9.15. The zero-order chi connectivity index (χ0) is 24.1. The molecule has 180 valence electrons. The summed E-state index contributed by atoms with van der Waals surface area (Å²) in [5.74, 6) is -1.29. The van der Waals surface area contributed by atoms with Crippen molar-refractivity contribution < 1.29 is 36.7 Å². The van der Waals surface area contributed by atoms with Crippen LogP contribution in [0.1, 0.15) is 25.3 Å². The number of thioether (sulfide) groups is 1. The van der Waals surface area contributed by atoms with E-state index in [-0.39, 0.29) is 41.3 Å². The van der Waals surface area contributed by atoms with Gasteiger partial charge in [-0.3, -0.25) is 10.0 Å². The molecule has 1 saturated heterocycles. The van der Waals surface area contributed by atoms with Gasteiger partial charge in [0.1, 0.15) is 35.0 Å². The van der Waals surface area contributed by atoms with Crippen LogP contribution >= 0.6 is 11.8 Å². The summed E-state index contributed by atoms with van der Waals surface area (Å²) in [6.45, 7) is 1.55. The third kappa shape index (κ3) is 6.21. The van der Waals surface area contributed by atoms with E-state index in [1.807, 2.05) is 6.92 Å². The smallest absolute Gasteiger partial charge is 0.267 e. The quantitative estimate of drug-likeness (QED) is 0.357. The van der Waals surface area contributed by atoms with E-state index in [0.717, 1.165) is 17.9 Å². The van der Waals surface area contributed by atoms with Crippen molar-refractivity contribution in [1.29, 1.82) is 0 Å². The van der Waals surface area contributed by atoms with Crippen molar-refractivity contribution in [3.63, 3.8) is 0 Å². The monoisotopic (exact) mass is 502 g/mol. The molecular formula is C21H24F2N2O6S2. The molecule has 0 bridgehead atoms. The van der Waals surface area contributed by atoms with Gasteiger partial charge in [0, 0.05) is 11.6 Å². The van der Waals surface area contributed by atoms with Gasteiger partial charge in [-0.1, -0.05) is 6.92 Å². The van der Waals surface area contributed by atoms with Gasteiger partial charge in [-0.15, -0.1) is 11.8 Å². The highest BCUT2D eigenvalue weighted by molar-refractivity contribution is 7.99. The van der Waals surface area contributed by atoms with Gasteiger partial charge in [-0.05, 0) is 55.0 Å². The third-order valence-corrected chi connectivity index (χ3v) is 7.71. The van der Waals surface area contributed by atoms with E-state index >= 15 is 0 Å². The van der Waals surface area contributed by atoms with E-state index in [4.69, 9.17) is 14.7 Å². The van der Waals surface area contributed by atoms with Crippen LogP contribution < -0.4 is 14.9 Å². The number of rotatable bonds is 9. The normalized spacial score (nSPS) is 20.9. The lowest BCUT2D eigenvalue weighted by Crippen LogP contribution is -2.63. The fraction of sp³-hybridized carbons (Fsp3) is 0.381. The second kappa shape index (κ2) is 10.8. The largest absolute Gasteiger partial charge is 0.489 e. The van der Waals surface area contributed by atoms with Crippen molar-refractivity contribution in [3.05, 3.63) is 59.7 Å². The first-order valence-corrected chi connectivity index (χ1v) is 12.6. The topological polar surface area (TPSA) is 114 Å². The van der Waals surface area contributed by atoms with Crippen LogP contribution in [0.5, 0.6) is 5.75 Å². The van der Waals surface area contributed by atoms with Gasteiger partial charge in [-0.25, -0.2) is 22.7 Å². The van der Waals surface area contributed by atoms with Crippen molar-refractivity contribution in [3.8, 4) is 5.75 Å². The second-order valence-corrected chi connectivity index (χ2v) is 10.5. The van der Waals surface area contributed by atoms with Crippen molar-refractivity contribution in [1.82, 2.24) is 10.2 Å². The van der Waals surface area contributed by atoms with Gasteiger partial charge < -0.3 is 9.47 Å². The van der Waals surface area contributed by atoms with Crippen molar-refractivity contribution >= 4 is 27.7 Å². The second-order valence-electron chi connectivity index (χ2n) is 7.36. The van der Waals surface area contributed by atoms with Crippen LogP contribution in [0.3, 0.4) is 0 Å². The van der Waals surface area contributed by atoms with Crippen molar-refractivity contribution in [2.24, 2.45) is 0 Å². The molecule has 2 unspecified atom stereocenters. The first-order chi connectivity index (χ1) is 15.7. The molecule has 3 rings (SSSR count). The number of hydrogen-bond acceptors (Lipinski definition) is 7. The molecule has 0 aromatic heterocycles. The van der Waals surface area contributed by atoms with Crippen LogP contribution in [-0.4, -0.2) is 42.9 Å². The molecule has 1 fully saturated rings. The number of hydrogen-bond donors (Lipinski definition) is 3. The number of benzene rings is 2. The molecular weight excluding hydrogens is 478 g/mol. The number of halogens is 2. The van der Waals surface area contributed by atoms with Crippen LogP contribution in [0.2, 0.25) is 0 Å². The van der Waals surface area contributed by atoms with Gasteiger partial charge in [0.2, 0.25) is 10.0 Å². The Morgan fingerprint density at radius 1 is 1.27 bits per heavy atom. The molecule has 0 saturated carbocycles. The van der Waals surface area contributed by atoms with Crippen molar-refractivity contribution in [2.75, 3.05) is 12.4 Å². The maximum atomic E-state index is 13.7. The summed E-state index contributed by atoms with van der Waals surface area (Å²) < 4.78 is 66.1. The molecule has 33 heavy (non-hydrogen) atoms. The van der Waals surface area contributed by atoms with E-state index in [2.05, 4.69) is 4.72 Å². The molecule has 0 aliphatic carbocycles. The molecule has 0 radical (unpaired) electrons. The number of sulfonamides is 1. The highest BCUT2D eigenvalue weighted by Gasteiger charge is 2.46. The molecule has 0 spiro atoms. The minimum Gasteiger partial charge on any atom is -0.489 e. The predicted octanol–water partition coefficient (Wildman–Crippen LogP) is 2.96. The highest BCUT2D eigenvalue weighted by Crippen LogP contribution is 2.31. The first kappa shape index (κ1) is 25.4. The van der Waals surface area contributed by atoms with Gasteiger partial charge in [0.25, 0.3) is 5.91 Å². The van der Waals surface area contributed by atoms with Crippen LogP contribution in [0.15, 0.2) is 47.4 Å². The fourth-order valence-electron chi connectivity index (χ4n) is 3.32. The summed E-state index contributed by atoms with van der Waals surface area (Å²) in [4.78, 5) is 12.2. The molecule has 1 heterocycles. The molecule has 1 amide bonds. The molecule has 8 nitrogen and oxygen atoms in total. The summed E-state index contributed by atoms with van der Waals surface area (Å²) >= 11 is 1.54. The summed E-state index contributed by atoms with van der Waals surface area (Å²) in [5.41, 5.74) is -0.163. The summed E-state index contributed by atoms with van der Waals surface area (Å²) in [6.07, 6.45) is 0.557. The van der Waals surface area contributed by atoms with E-state index in [0.29, 0.717) is 6.42 Å². The Bertz CT molecular complexity index is 1070.